The predicted octanol–water partition coefficient (Wildman–Crippen LogP) is 5.75. The molecule has 1 unspecified atom stereocenters. The Bertz CT molecular complexity index is 1580. The number of likely N-dealkylation sites (tertiary alicyclic amines) is 1. The summed E-state index contributed by atoms with van der Waals surface area (Å²) in [5.74, 6) is -1.12. The van der Waals surface area contributed by atoms with Gasteiger partial charge in [0.05, 0.1) is 24.5 Å². The summed E-state index contributed by atoms with van der Waals surface area (Å²) in [5, 5.41) is 2.63. The van der Waals surface area contributed by atoms with E-state index in [1.807, 2.05) is 43.3 Å². The molecule has 1 atom stereocenters. The molecule has 3 N–H and O–H groups in total. The first-order valence-electron chi connectivity index (χ1n) is 16.6. The van der Waals surface area contributed by atoms with E-state index < -0.39 is 34.8 Å². The van der Waals surface area contributed by atoms with Crippen molar-refractivity contribution in [1.29, 1.82) is 0 Å². The van der Waals surface area contributed by atoms with Gasteiger partial charge in [0.2, 0.25) is 11.3 Å². The number of piperidine rings is 1. The van der Waals surface area contributed by atoms with E-state index >= 15 is 0 Å². The van der Waals surface area contributed by atoms with E-state index in [0.29, 0.717) is 50.4 Å². The van der Waals surface area contributed by atoms with Gasteiger partial charge in [0, 0.05) is 57.9 Å². The third-order valence-corrected chi connectivity index (χ3v) is 9.12. The summed E-state index contributed by atoms with van der Waals surface area (Å²) in [5.41, 5.74) is 1.48. The number of carbonyl (C=O) groups excluding carboxylic acids is 2. The van der Waals surface area contributed by atoms with Gasteiger partial charge >= 0.3 is 6.03 Å². The lowest BCUT2D eigenvalue weighted by molar-refractivity contribution is 0.0300. The molecule has 3 aromatic rings. The van der Waals surface area contributed by atoms with Crippen molar-refractivity contribution in [3.8, 4) is 11.5 Å². The molecule has 0 bridgehead atoms. The van der Waals surface area contributed by atoms with E-state index in [4.69, 9.17) is 14.0 Å². The average molecular weight is 700 g/mol. The molecule has 2 saturated heterocycles. The number of morpholine rings is 1. The Labute approximate surface area is 288 Å². The zero-order valence-electron chi connectivity index (χ0n) is 27.5. The van der Waals surface area contributed by atoms with Gasteiger partial charge in [0.15, 0.2) is 0 Å². The minimum Gasteiger partial charge on any atom is -0.457 e. The van der Waals surface area contributed by atoms with Crippen molar-refractivity contribution >= 4 is 28.9 Å². The third-order valence-electron chi connectivity index (χ3n) is 8.73. The van der Waals surface area contributed by atoms with Crippen LogP contribution in [0.15, 0.2) is 60.7 Å². The molecule has 0 spiro atoms. The first kappa shape index (κ1) is 36.3. The van der Waals surface area contributed by atoms with Crippen molar-refractivity contribution in [2.75, 3.05) is 51.3 Å². The number of benzene rings is 3. The lowest BCUT2D eigenvalue weighted by Gasteiger charge is -2.38. The van der Waals surface area contributed by atoms with Crippen LogP contribution in [-0.2, 0) is 29.1 Å². The third kappa shape index (κ3) is 10.3. The normalized spacial score (nSPS) is 16.3. The Morgan fingerprint density at radius 3 is 2.20 bits per heavy atom. The van der Waals surface area contributed by atoms with Crippen LogP contribution in [0.5, 0.6) is 11.5 Å². The zero-order valence-corrected chi connectivity index (χ0v) is 28.4. The van der Waals surface area contributed by atoms with Gasteiger partial charge in [0.1, 0.15) is 23.1 Å². The van der Waals surface area contributed by atoms with Crippen molar-refractivity contribution < 1.29 is 36.6 Å². The largest absolute Gasteiger partial charge is 0.457 e. The number of hydrogen-bond acceptors (Lipinski definition) is 6. The van der Waals surface area contributed by atoms with Crippen LogP contribution < -0.4 is 14.8 Å². The highest BCUT2D eigenvalue weighted by atomic mass is 32.2. The van der Waals surface area contributed by atoms with Crippen LogP contribution in [0.1, 0.15) is 54.1 Å². The highest BCUT2D eigenvalue weighted by Gasteiger charge is 2.29. The Morgan fingerprint density at radius 1 is 0.959 bits per heavy atom. The fourth-order valence-electron chi connectivity index (χ4n) is 5.98. The maximum Gasteiger partial charge on any atom is 0.322 e. The van der Waals surface area contributed by atoms with Gasteiger partial charge in [-0.05, 0) is 60.7 Å². The van der Waals surface area contributed by atoms with Crippen LogP contribution in [0.4, 0.5) is 19.3 Å². The van der Waals surface area contributed by atoms with Crippen LogP contribution in [0.25, 0.3) is 0 Å². The number of rotatable bonds is 13. The van der Waals surface area contributed by atoms with Crippen molar-refractivity contribution in [3.63, 3.8) is 0 Å². The Morgan fingerprint density at radius 2 is 1.59 bits per heavy atom. The van der Waals surface area contributed by atoms with Crippen LogP contribution in [0.2, 0.25) is 0 Å². The van der Waals surface area contributed by atoms with Gasteiger partial charge in [-0.1, -0.05) is 37.6 Å². The molecule has 0 radical (unpaired) electrons. The number of amides is 3. The van der Waals surface area contributed by atoms with Gasteiger partial charge in [-0.2, -0.15) is 0 Å². The number of anilines is 1. The molecule has 2 aliphatic rings. The first-order chi connectivity index (χ1) is 23.7. The van der Waals surface area contributed by atoms with Crippen LogP contribution in [-0.4, -0.2) is 87.4 Å². The minimum atomic E-state index is -2.06. The second-order valence-electron chi connectivity index (χ2n) is 12.2. The summed E-state index contributed by atoms with van der Waals surface area (Å²) < 4.78 is 62.9. The molecule has 0 saturated carbocycles. The summed E-state index contributed by atoms with van der Waals surface area (Å²) in [6.45, 7) is 6.42. The smallest absolute Gasteiger partial charge is 0.322 e. The Kier molecular flexibility index (Phi) is 13.1. The van der Waals surface area contributed by atoms with E-state index in [9.17, 15) is 22.6 Å². The van der Waals surface area contributed by atoms with E-state index in [1.54, 1.807) is 17.0 Å². The Hall–Kier alpha value is -3.95. The molecule has 2 aliphatic heterocycles. The maximum atomic E-state index is 14.9. The summed E-state index contributed by atoms with van der Waals surface area (Å²) in [6, 6.07) is 16.4. The molecule has 5 rings (SSSR count). The van der Waals surface area contributed by atoms with Crippen LogP contribution >= 0.6 is 0 Å². The van der Waals surface area contributed by atoms with Crippen molar-refractivity contribution in [1.82, 2.24) is 19.4 Å². The second kappa shape index (κ2) is 17.6. The number of halogens is 2. The van der Waals surface area contributed by atoms with E-state index in [2.05, 4.69) is 14.9 Å². The number of nitrogens with one attached hydrogen (secondary N) is 2. The van der Waals surface area contributed by atoms with Crippen molar-refractivity contribution in [3.05, 3.63) is 89.0 Å². The summed E-state index contributed by atoms with van der Waals surface area (Å²) in [4.78, 5) is 32.0. The molecule has 264 valence electrons. The molecular formula is C35H43F2N5O6S. The van der Waals surface area contributed by atoms with Crippen molar-refractivity contribution in [2.45, 2.75) is 51.7 Å². The van der Waals surface area contributed by atoms with Crippen molar-refractivity contribution in [2.24, 2.45) is 0 Å². The fourth-order valence-corrected chi connectivity index (χ4v) is 6.27. The number of nitrogens with zero attached hydrogens (tertiary/aromatic N) is 3. The van der Waals surface area contributed by atoms with Crippen LogP contribution in [0, 0.1) is 11.6 Å². The standard InChI is InChI=1S/C35H43F2N5O6S/c1-2-3-14-42(35(44)39-33-21-30(31(36)22-32(33)37)34(43)41-17-19-47-20-18-41)27-12-15-40(16-13-27)24-26-6-10-29(11-7-26)48-28-8-4-25(5-9-28)23-38-49(45)46/h4-11,21-22,27,38H,2-3,12-20,23-24H2,1H3,(H,39,44)(H,45,46). The number of carbonyl (C=O) groups is 2. The van der Waals surface area contributed by atoms with Gasteiger partial charge < -0.3 is 24.6 Å². The molecule has 3 amide bonds. The molecule has 11 nitrogen and oxygen atoms in total. The Balaban J connectivity index is 1.14. The molecular weight excluding hydrogens is 656 g/mol. The highest BCUT2D eigenvalue weighted by Crippen LogP contribution is 2.26. The molecule has 14 heteroatoms. The molecule has 3 aromatic carbocycles. The number of urea groups is 1. The van der Waals surface area contributed by atoms with Gasteiger partial charge in [-0.3, -0.25) is 14.2 Å². The van der Waals surface area contributed by atoms with Gasteiger partial charge in [0.25, 0.3) is 5.91 Å². The first-order valence-corrected chi connectivity index (χ1v) is 17.7. The molecule has 49 heavy (non-hydrogen) atoms. The van der Waals surface area contributed by atoms with E-state index in [1.165, 1.54) is 4.90 Å². The van der Waals surface area contributed by atoms with E-state index in [0.717, 1.165) is 62.5 Å². The second-order valence-corrected chi connectivity index (χ2v) is 12.9. The van der Waals surface area contributed by atoms with E-state index in [-0.39, 0.29) is 23.8 Å². The van der Waals surface area contributed by atoms with Gasteiger partial charge in [-0.15, -0.1) is 0 Å². The van der Waals surface area contributed by atoms with Crippen LogP contribution in [0.3, 0.4) is 0 Å². The number of ether oxygens (including phenoxy) is 2. The molecule has 2 heterocycles. The average Bonchev–Trinajstić information content (AvgIpc) is 3.11. The summed E-state index contributed by atoms with van der Waals surface area (Å²) in [7, 11) is 0. The molecule has 2 fully saturated rings. The summed E-state index contributed by atoms with van der Waals surface area (Å²) in [6.07, 6.45) is 3.14. The zero-order chi connectivity index (χ0) is 34.8. The quantitative estimate of drug-likeness (QED) is 0.194. The maximum absolute atomic E-state index is 14.9. The number of unbranched alkanes of at least 4 members (excludes halogenated alkanes) is 1. The SMILES string of the molecule is CCCCN(C(=O)Nc1cc(C(=O)N2CCOCC2)c(F)cc1F)C1CCN(Cc2ccc(Oc3ccc(CNS(=O)O)cc3)cc2)CC1. The number of hydrogen-bond donors (Lipinski definition) is 3. The fraction of sp³-hybridized carbons (Fsp3) is 0.429. The molecule has 0 aliphatic carbocycles. The minimum absolute atomic E-state index is 0.0514. The highest BCUT2D eigenvalue weighted by molar-refractivity contribution is 7.77. The summed E-state index contributed by atoms with van der Waals surface area (Å²) >= 11 is -2.06. The topological polar surface area (TPSA) is 124 Å². The van der Waals surface area contributed by atoms with Gasteiger partial charge in [-0.25, -0.2) is 22.5 Å². The lowest BCUT2D eigenvalue weighted by Crippen LogP contribution is -2.49. The molecule has 0 aromatic heterocycles. The monoisotopic (exact) mass is 699 g/mol. The predicted molar refractivity (Wildman–Crippen MR) is 183 cm³/mol. The lowest BCUT2D eigenvalue weighted by atomic mass is 10.0.